The van der Waals surface area contributed by atoms with Crippen LogP contribution in [0.2, 0.25) is 0 Å². The number of nitrogens with one attached hydrogen (secondary N) is 1. The molecule has 0 atom stereocenters. The Morgan fingerprint density at radius 1 is 1.04 bits per heavy atom. The van der Waals surface area contributed by atoms with Gasteiger partial charge < -0.3 is 5.32 Å². The number of anilines is 2. The Hall–Kier alpha value is -1.95. The van der Waals surface area contributed by atoms with Gasteiger partial charge in [-0.1, -0.05) is 18.2 Å². The molecule has 0 saturated heterocycles. The van der Waals surface area contributed by atoms with E-state index in [4.69, 9.17) is 0 Å². The van der Waals surface area contributed by atoms with Crippen molar-refractivity contribution in [1.29, 1.82) is 0 Å². The number of hydrogen-bond acceptors (Lipinski definition) is 5. The first-order valence-electron chi connectivity index (χ1n) is 7.97. The summed E-state index contributed by atoms with van der Waals surface area (Å²) in [6, 6.07) is 12.4. The van der Waals surface area contributed by atoms with E-state index in [1.165, 1.54) is 38.4 Å². The second-order valence-corrected chi connectivity index (χ2v) is 11.0. The Kier molecular flexibility index (Phi) is 6.86. The molecule has 0 radical (unpaired) electrons. The number of hydrogen-bond donors (Lipinski definition) is 1. The normalized spacial score (nSPS) is 12.0. The van der Waals surface area contributed by atoms with E-state index < -0.39 is 32.5 Å². The summed E-state index contributed by atoms with van der Waals surface area (Å²) in [5, 5.41) is 2.54. The Balaban J connectivity index is 2.26. The average Bonchev–Trinajstić information content (AvgIpc) is 2.59. The molecule has 0 aliphatic carbocycles. The first-order valence-corrected chi connectivity index (χ1v) is 12.1. The van der Waals surface area contributed by atoms with Gasteiger partial charge in [0.05, 0.1) is 16.8 Å². The number of para-hydroxylation sites is 1. The van der Waals surface area contributed by atoms with Gasteiger partial charge in [0.15, 0.2) is 0 Å². The summed E-state index contributed by atoms with van der Waals surface area (Å²) in [5.41, 5.74) is 0.567. The van der Waals surface area contributed by atoms with E-state index >= 15 is 0 Å². The second kappa shape index (κ2) is 8.60. The smallest absolute Gasteiger partial charge is 0.245 e. The molecule has 2 aromatic rings. The van der Waals surface area contributed by atoms with Crippen molar-refractivity contribution in [3.63, 3.8) is 0 Å². The summed E-state index contributed by atoms with van der Waals surface area (Å²) in [6.45, 7) is -0.466. The van der Waals surface area contributed by atoms with E-state index in [-0.39, 0.29) is 10.6 Å². The van der Waals surface area contributed by atoms with Crippen LogP contribution in [-0.4, -0.2) is 53.9 Å². The van der Waals surface area contributed by atoms with Crippen molar-refractivity contribution in [1.82, 2.24) is 4.31 Å². The maximum absolute atomic E-state index is 12.5. The van der Waals surface area contributed by atoms with E-state index in [2.05, 4.69) is 21.2 Å². The van der Waals surface area contributed by atoms with Crippen LogP contribution in [0.15, 0.2) is 57.9 Å². The van der Waals surface area contributed by atoms with Crippen molar-refractivity contribution in [2.45, 2.75) is 4.90 Å². The summed E-state index contributed by atoms with van der Waals surface area (Å²) in [4.78, 5) is 12.5. The SMILES string of the molecule is CN(C)S(=O)(=O)c1cccc(NC(=O)CN(c2ccccc2Br)S(C)(=O)=O)c1. The number of carbonyl (C=O) groups is 1. The highest BCUT2D eigenvalue weighted by molar-refractivity contribution is 9.10. The number of rotatable bonds is 7. The van der Waals surface area contributed by atoms with Crippen molar-refractivity contribution < 1.29 is 21.6 Å². The molecule has 0 heterocycles. The van der Waals surface area contributed by atoms with Crippen LogP contribution in [-0.2, 0) is 24.8 Å². The maximum atomic E-state index is 12.5. The standard InChI is InChI=1S/C17H20BrN3O5S2/c1-20(2)28(25,26)14-8-6-7-13(11-14)19-17(22)12-21(27(3,23)24)16-10-5-4-9-15(16)18/h4-11H,12H2,1-3H3,(H,19,22). The number of sulfonamides is 2. The largest absolute Gasteiger partial charge is 0.324 e. The number of carbonyl (C=O) groups excluding carboxylic acids is 1. The molecule has 0 aliphatic heterocycles. The maximum Gasteiger partial charge on any atom is 0.245 e. The number of benzene rings is 2. The Labute approximate surface area is 173 Å². The lowest BCUT2D eigenvalue weighted by atomic mass is 10.3. The Bertz CT molecular complexity index is 1090. The summed E-state index contributed by atoms with van der Waals surface area (Å²) >= 11 is 3.28. The highest BCUT2D eigenvalue weighted by Gasteiger charge is 2.23. The number of halogens is 1. The van der Waals surface area contributed by atoms with Gasteiger partial charge in [-0.25, -0.2) is 21.1 Å². The predicted molar refractivity (Wildman–Crippen MR) is 112 cm³/mol. The van der Waals surface area contributed by atoms with Crippen LogP contribution in [0.25, 0.3) is 0 Å². The molecule has 0 saturated carbocycles. The first kappa shape index (κ1) is 22.3. The number of nitrogens with zero attached hydrogens (tertiary/aromatic N) is 2. The lowest BCUT2D eigenvalue weighted by molar-refractivity contribution is -0.114. The van der Waals surface area contributed by atoms with Gasteiger partial charge in [0, 0.05) is 24.3 Å². The fourth-order valence-corrected chi connectivity index (χ4v) is 4.74. The second-order valence-electron chi connectivity index (χ2n) is 6.08. The minimum Gasteiger partial charge on any atom is -0.324 e. The molecular formula is C17H20BrN3O5S2. The molecule has 0 fully saturated rings. The molecular weight excluding hydrogens is 470 g/mol. The molecule has 0 spiro atoms. The van der Waals surface area contributed by atoms with Gasteiger partial charge in [-0.3, -0.25) is 9.10 Å². The van der Waals surface area contributed by atoms with Gasteiger partial charge in [0.2, 0.25) is 26.0 Å². The molecule has 152 valence electrons. The molecule has 2 aromatic carbocycles. The van der Waals surface area contributed by atoms with E-state index in [1.54, 1.807) is 24.3 Å². The van der Waals surface area contributed by atoms with Crippen molar-refractivity contribution in [3.05, 3.63) is 53.0 Å². The van der Waals surface area contributed by atoms with Crippen LogP contribution in [0, 0.1) is 0 Å². The monoisotopic (exact) mass is 489 g/mol. The van der Waals surface area contributed by atoms with Gasteiger partial charge in [-0.2, -0.15) is 0 Å². The molecule has 0 aromatic heterocycles. The van der Waals surface area contributed by atoms with Crippen molar-refractivity contribution >= 4 is 53.3 Å². The quantitative estimate of drug-likeness (QED) is 0.641. The minimum atomic E-state index is -3.73. The third-order valence-corrected chi connectivity index (χ3v) is 7.31. The van der Waals surface area contributed by atoms with E-state index in [0.29, 0.717) is 10.2 Å². The fourth-order valence-electron chi connectivity index (χ4n) is 2.31. The Morgan fingerprint density at radius 2 is 1.68 bits per heavy atom. The van der Waals surface area contributed by atoms with Gasteiger partial charge in [-0.15, -0.1) is 0 Å². The third kappa shape index (κ3) is 5.31. The summed E-state index contributed by atoms with van der Waals surface area (Å²) in [5.74, 6) is -0.611. The lowest BCUT2D eigenvalue weighted by Crippen LogP contribution is -2.37. The van der Waals surface area contributed by atoms with Crippen molar-refractivity contribution in [2.75, 3.05) is 36.5 Å². The van der Waals surface area contributed by atoms with Crippen molar-refractivity contribution in [3.8, 4) is 0 Å². The highest BCUT2D eigenvalue weighted by atomic mass is 79.9. The molecule has 0 bridgehead atoms. The van der Waals surface area contributed by atoms with Gasteiger partial charge in [0.25, 0.3) is 0 Å². The zero-order valence-corrected chi connectivity index (χ0v) is 18.7. The summed E-state index contributed by atoms with van der Waals surface area (Å²) in [6.07, 6.45) is 1.00. The van der Waals surface area contributed by atoms with Crippen LogP contribution in [0.3, 0.4) is 0 Å². The van der Waals surface area contributed by atoms with Crippen LogP contribution in [0.1, 0.15) is 0 Å². The molecule has 11 heteroatoms. The molecule has 8 nitrogen and oxygen atoms in total. The lowest BCUT2D eigenvalue weighted by Gasteiger charge is -2.23. The molecule has 2 rings (SSSR count). The minimum absolute atomic E-state index is 0.0149. The predicted octanol–water partition coefficient (Wildman–Crippen LogP) is 2.10. The van der Waals surface area contributed by atoms with Crippen molar-refractivity contribution in [2.24, 2.45) is 0 Å². The van der Waals surface area contributed by atoms with Crippen LogP contribution >= 0.6 is 15.9 Å². The van der Waals surface area contributed by atoms with Gasteiger partial charge in [0.1, 0.15) is 6.54 Å². The zero-order valence-electron chi connectivity index (χ0n) is 15.5. The van der Waals surface area contributed by atoms with E-state index in [0.717, 1.165) is 14.9 Å². The summed E-state index contributed by atoms with van der Waals surface area (Å²) < 4.78 is 51.3. The molecule has 1 amide bonds. The topological polar surface area (TPSA) is 104 Å². The average molecular weight is 490 g/mol. The van der Waals surface area contributed by atoms with E-state index in [9.17, 15) is 21.6 Å². The molecule has 28 heavy (non-hydrogen) atoms. The van der Waals surface area contributed by atoms with Gasteiger partial charge in [-0.05, 0) is 46.3 Å². The van der Waals surface area contributed by atoms with E-state index in [1.807, 2.05) is 0 Å². The zero-order chi connectivity index (χ0) is 21.1. The molecule has 0 unspecified atom stereocenters. The summed E-state index contributed by atoms with van der Waals surface area (Å²) in [7, 11) is -4.58. The Morgan fingerprint density at radius 3 is 2.25 bits per heavy atom. The van der Waals surface area contributed by atoms with Gasteiger partial charge >= 0.3 is 0 Å². The van der Waals surface area contributed by atoms with Crippen LogP contribution < -0.4 is 9.62 Å². The molecule has 1 N–H and O–H groups in total. The first-order chi connectivity index (χ1) is 12.9. The molecule has 0 aliphatic rings. The number of amides is 1. The highest BCUT2D eigenvalue weighted by Crippen LogP contribution is 2.27. The van der Waals surface area contributed by atoms with Crippen LogP contribution in [0.5, 0.6) is 0 Å². The third-order valence-electron chi connectivity index (χ3n) is 3.71. The van der Waals surface area contributed by atoms with Crippen LogP contribution in [0.4, 0.5) is 11.4 Å². The fraction of sp³-hybridized carbons (Fsp3) is 0.235.